The highest BCUT2D eigenvalue weighted by molar-refractivity contribution is 8.01. The van der Waals surface area contributed by atoms with E-state index in [-0.39, 0.29) is 27.0 Å². The Bertz CT molecular complexity index is 1080. The lowest BCUT2D eigenvalue weighted by Gasteiger charge is -2.14. The van der Waals surface area contributed by atoms with Gasteiger partial charge in [-0.05, 0) is 30.3 Å². The van der Waals surface area contributed by atoms with Crippen molar-refractivity contribution in [1.29, 1.82) is 0 Å². The van der Waals surface area contributed by atoms with Crippen LogP contribution in [-0.4, -0.2) is 21.9 Å². The van der Waals surface area contributed by atoms with Crippen molar-refractivity contribution in [3.05, 3.63) is 59.4 Å². The van der Waals surface area contributed by atoms with E-state index in [0.29, 0.717) is 12.1 Å². The van der Waals surface area contributed by atoms with Crippen LogP contribution in [0.5, 0.6) is 0 Å². The fourth-order valence-electron chi connectivity index (χ4n) is 2.35. The van der Waals surface area contributed by atoms with E-state index in [9.17, 15) is 35.5 Å². The number of carbonyl (C=O) groups excluding carboxylic acids is 1. The molecule has 1 aromatic heterocycles. The van der Waals surface area contributed by atoms with E-state index < -0.39 is 40.9 Å². The Labute approximate surface area is 184 Å². The van der Waals surface area contributed by atoms with Crippen molar-refractivity contribution < 1.29 is 35.5 Å². The number of nitrogens with zero attached hydrogens (tertiary/aromatic N) is 2. The third-order valence-corrected chi connectivity index (χ3v) is 5.69. The summed E-state index contributed by atoms with van der Waals surface area (Å²) in [5.74, 6) is -1.72. The molecule has 1 heterocycles. The van der Waals surface area contributed by atoms with Crippen LogP contribution in [0.1, 0.15) is 11.1 Å². The molecule has 3 aromatic rings. The third kappa shape index (κ3) is 6.32. The Morgan fingerprint density at radius 3 is 2.19 bits per heavy atom. The summed E-state index contributed by atoms with van der Waals surface area (Å²) in [6.45, 7) is 0. The number of benzene rings is 2. The lowest BCUT2D eigenvalue weighted by molar-refractivity contribution is -0.143. The van der Waals surface area contributed by atoms with Gasteiger partial charge in [-0.3, -0.25) is 4.79 Å². The predicted molar refractivity (Wildman–Crippen MR) is 105 cm³/mol. The number of amides is 1. The molecule has 2 N–H and O–H groups in total. The largest absolute Gasteiger partial charge is 0.416 e. The summed E-state index contributed by atoms with van der Waals surface area (Å²) in [6, 6.07) is 6.61. The summed E-state index contributed by atoms with van der Waals surface area (Å²) in [6.07, 6.45) is -10.0. The van der Waals surface area contributed by atoms with Crippen molar-refractivity contribution >= 4 is 45.5 Å². The zero-order valence-corrected chi connectivity index (χ0v) is 17.1. The molecule has 0 fully saturated rings. The molecular weight excluding hydrogens is 485 g/mol. The molecule has 0 saturated heterocycles. The number of halogens is 7. The molecule has 0 bridgehead atoms. The van der Waals surface area contributed by atoms with Crippen molar-refractivity contribution in [2.24, 2.45) is 0 Å². The molecule has 0 atom stereocenters. The highest BCUT2D eigenvalue weighted by Gasteiger charge is 2.37. The molecular formula is C18H11F7N4OS2. The Hall–Kier alpha value is -2.87. The Morgan fingerprint density at radius 2 is 1.59 bits per heavy atom. The first-order valence-corrected chi connectivity index (χ1v) is 10.3. The number of thioether (sulfide) groups is 1. The normalized spacial score (nSPS) is 12.0. The average Bonchev–Trinajstić information content (AvgIpc) is 3.14. The van der Waals surface area contributed by atoms with E-state index in [2.05, 4.69) is 15.5 Å². The predicted octanol–water partition coefficient (Wildman–Crippen LogP) is 6.19. The SMILES string of the molecule is O=C(CSc1nnc(Nc2ccccc2F)s1)Nc1cc(C(F)(F)F)cc(C(F)(F)F)c1. The Balaban J connectivity index is 1.64. The second-order valence-corrected chi connectivity index (χ2v) is 8.31. The molecule has 0 unspecified atom stereocenters. The molecule has 5 nitrogen and oxygen atoms in total. The van der Waals surface area contributed by atoms with Crippen molar-refractivity contribution in [2.45, 2.75) is 16.7 Å². The standard InChI is InChI=1S/C18H11F7N4OS2/c19-12-3-1-2-4-13(12)27-15-28-29-16(32-15)31-8-14(30)26-11-6-9(17(20,21)22)5-10(7-11)18(23,24)25/h1-7H,8H2,(H,26,30)(H,27,28). The van der Waals surface area contributed by atoms with Crippen LogP contribution in [0.3, 0.4) is 0 Å². The van der Waals surface area contributed by atoms with Crippen LogP contribution < -0.4 is 10.6 Å². The van der Waals surface area contributed by atoms with Gasteiger partial charge in [-0.2, -0.15) is 26.3 Å². The topological polar surface area (TPSA) is 66.9 Å². The minimum Gasteiger partial charge on any atom is -0.328 e. The van der Waals surface area contributed by atoms with Crippen LogP contribution in [0, 0.1) is 5.82 Å². The molecule has 3 rings (SSSR count). The van der Waals surface area contributed by atoms with Gasteiger partial charge < -0.3 is 10.6 Å². The third-order valence-electron chi connectivity index (χ3n) is 3.72. The van der Waals surface area contributed by atoms with Crippen molar-refractivity contribution in [1.82, 2.24) is 10.2 Å². The molecule has 2 aromatic carbocycles. The summed E-state index contributed by atoms with van der Waals surface area (Å²) >= 11 is 1.84. The minimum atomic E-state index is -5.02. The van der Waals surface area contributed by atoms with Crippen molar-refractivity contribution in [3.8, 4) is 0 Å². The number of hydrogen-bond acceptors (Lipinski definition) is 6. The number of rotatable bonds is 6. The number of alkyl halides is 6. The van der Waals surface area contributed by atoms with Gasteiger partial charge >= 0.3 is 12.4 Å². The molecule has 0 radical (unpaired) electrons. The number of hydrogen-bond donors (Lipinski definition) is 2. The van der Waals surface area contributed by atoms with Crippen LogP contribution in [0.2, 0.25) is 0 Å². The zero-order valence-electron chi connectivity index (χ0n) is 15.5. The molecule has 0 spiro atoms. The highest BCUT2D eigenvalue weighted by Crippen LogP contribution is 2.37. The van der Waals surface area contributed by atoms with Gasteiger partial charge in [0.15, 0.2) is 4.34 Å². The van der Waals surface area contributed by atoms with Crippen LogP contribution in [0.4, 0.5) is 47.2 Å². The van der Waals surface area contributed by atoms with E-state index in [1.807, 2.05) is 5.32 Å². The lowest BCUT2D eigenvalue weighted by atomic mass is 10.1. The average molecular weight is 496 g/mol. The van der Waals surface area contributed by atoms with Gasteiger partial charge in [0.05, 0.1) is 22.6 Å². The number of anilines is 3. The smallest absolute Gasteiger partial charge is 0.328 e. The van der Waals surface area contributed by atoms with E-state index >= 15 is 0 Å². The maximum Gasteiger partial charge on any atom is 0.416 e. The first-order chi connectivity index (χ1) is 14.9. The van der Waals surface area contributed by atoms with E-state index in [0.717, 1.165) is 23.1 Å². The molecule has 170 valence electrons. The number of aromatic nitrogens is 2. The van der Waals surface area contributed by atoms with Gasteiger partial charge in [-0.1, -0.05) is 35.2 Å². The van der Waals surface area contributed by atoms with Crippen LogP contribution in [-0.2, 0) is 17.1 Å². The monoisotopic (exact) mass is 496 g/mol. The van der Waals surface area contributed by atoms with Gasteiger partial charge in [-0.25, -0.2) is 4.39 Å². The van der Waals surface area contributed by atoms with Crippen LogP contribution >= 0.6 is 23.1 Å². The maximum absolute atomic E-state index is 13.6. The molecule has 0 saturated carbocycles. The molecule has 32 heavy (non-hydrogen) atoms. The van der Waals surface area contributed by atoms with Crippen LogP contribution in [0.15, 0.2) is 46.8 Å². The number of nitrogens with one attached hydrogen (secondary N) is 2. The van der Waals surface area contributed by atoms with Gasteiger partial charge in [-0.15, -0.1) is 10.2 Å². The molecule has 0 aliphatic heterocycles. The quantitative estimate of drug-likeness (QED) is 0.315. The van der Waals surface area contributed by atoms with Gasteiger partial charge in [0.2, 0.25) is 11.0 Å². The van der Waals surface area contributed by atoms with Crippen molar-refractivity contribution in [3.63, 3.8) is 0 Å². The van der Waals surface area contributed by atoms with E-state index in [1.165, 1.54) is 18.2 Å². The number of carbonyl (C=O) groups is 1. The second kappa shape index (κ2) is 9.32. The zero-order chi connectivity index (χ0) is 23.5. The highest BCUT2D eigenvalue weighted by atomic mass is 32.2. The van der Waals surface area contributed by atoms with Gasteiger partial charge in [0.25, 0.3) is 0 Å². The summed E-state index contributed by atoms with van der Waals surface area (Å²) < 4.78 is 91.3. The fraction of sp³-hybridized carbons (Fsp3) is 0.167. The fourth-order valence-corrected chi connectivity index (χ4v) is 3.91. The Kier molecular flexibility index (Phi) is 6.93. The van der Waals surface area contributed by atoms with E-state index in [1.54, 1.807) is 6.07 Å². The summed E-state index contributed by atoms with van der Waals surface area (Å²) in [5, 5.41) is 12.5. The maximum atomic E-state index is 13.6. The molecule has 0 aliphatic carbocycles. The number of para-hydroxylation sites is 1. The van der Waals surface area contributed by atoms with Crippen LogP contribution in [0.25, 0.3) is 0 Å². The molecule has 0 aliphatic rings. The summed E-state index contributed by atoms with van der Waals surface area (Å²) in [5.41, 5.74) is -3.56. The first-order valence-electron chi connectivity index (χ1n) is 8.49. The minimum absolute atomic E-state index is 0.0320. The van der Waals surface area contributed by atoms with Gasteiger partial charge in [0, 0.05) is 5.69 Å². The lowest BCUT2D eigenvalue weighted by Crippen LogP contribution is -2.17. The summed E-state index contributed by atoms with van der Waals surface area (Å²) in [7, 11) is 0. The molecule has 1 amide bonds. The van der Waals surface area contributed by atoms with Gasteiger partial charge in [0.1, 0.15) is 5.82 Å². The second-order valence-electron chi connectivity index (χ2n) is 6.11. The van der Waals surface area contributed by atoms with Crippen molar-refractivity contribution in [2.75, 3.05) is 16.4 Å². The van der Waals surface area contributed by atoms with E-state index in [4.69, 9.17) is 0 Å². The first kappa shape index (κ1) is 23.8. The Morgan fingerprint density at radius 1 is 0.969 bits per heavy atom. The molecule has 14 heteroatoms. The summed E-state index contributed by atoms with van der Waals surface area (Å²) in [4.78, 5) is 12.0.